The summed E-state index contributed by atoms with van der Waals surface area (Å²) in [5.74, 6) is -0.496. The molecule has 0 unspecified atom stereocenters. The Bertz CT molecular complexity index is 485. The first kappa shape index (κ1) is 19.6. The van der Waals surface area contributed by atoms with Crippen LogP contribution in [0.25, 0.3) is 0 Å². The van der Waals surface area contributed by atoms with E-state index in [0.29, 0.717) is 12.8 Å². The maximum Gasteiger partial charge on any atom is 0.323 e. The van der Waals surface area contributed by atoms with E-state index in [9.17, 15) is 9.59 Å². The van der Waals surface area contributed by atoms with Gasteiger partial charge in [0.05, 0.1) is 12.0 Å². The van der Waals surface area contributed by atoms with Gasteiger partial charge in [0.25, 0.3) is 0 Å². The lowest BCUT2D eigenvalue weighted by Crippen LogP contribution is -2.45. The molecule has 0 aromatic carbocycles. The molecule has 0 radical (unpaired) electrons. The van der Waals surface area contributed by atoms with Crippen LogP contribution in [0.15, 0.2) is 0 Å². The van der Waals surface area contributed by atoms with Gasteiger partial charge in [0.1, 0.15) is 24.4 Å². The second-order valence-corrected chi connectivity index (χ2v) is 8.14. The summed E-state index contributed by atoms with van der Waals surface area (Å²) in [6.07, 6.45) is 9.15. The van der Waals surface area contributed by atoms with Crippen molar-refractivity contribution in [3.05, 3.63) is 0 Å². The van der Waals surface area contributed by atoms with Crippen LogP contribution in [0.4, 0.5) is 0 Å². The van der Waals surface area contributed by atoms with Gasteiger partial charge in [-0.1, -0.05) is 25.7 Å². The van der Waals surface area contributed by atoms with Gasteiger partial charge in [-0.25, -0.2) is 0 Å². The fraction of sp³-hybridized carbons (Fsp3) is 0.900. The Morgan fingerprint density at radius 3 is 2.35 bits per heavy atom. The van der Waals surface area contributed by atoms with Crippen molar-refractivity contribution in [3.63, 3.8) is 0 Å². The third-order valence-electron chi connectivity index (χ3n) is 6.05. The highest BCUT2D eigenvalue weighted by atomic mass is 16.6. The number of hydrogen-bond donors (Lipinski definition) is 1. The number of ether oxygens (including phenoxy) is 3. The van der Waals surface area contributed by atoms with Crippen molar-refractivity contribution < 1.29 is 23.8 Å². The Hall–Kier alpha value is -1.14. The van der Waals surface area contributed by atoms with Crippen LogP contribution in [-0.4, -0.2) is 42.4 Å². The summed E-state index contributed by atoms with van der Waals surface area (Å²) in [5.41, 5.74) is 5.91. The molecule has 3 fully saturated rings. The molecule has 0 spiro atoms. The van der Waals surface area contributed by atoms with Gasteiger partial charge in [-0.2, -0.15) is 0 Å². The molecule has 148 valence electrons. The minimum absolute atomic E-state index is 0.00914. The number of cyclic esters (lactones) is 1. The summed E-state index contributed by atoms with van der Waals surface area (Å²) < 4.78 is 17.8. The Balaban J connectivity index is 1.72. The molecular weight excluding hydrogens is 334 g/mol. The first-order valence-electron chi connectivity index (χ1n) is 10.4. The lowest BCUT2D eigenvalue weighted by atomic mass is 10.0. The molecule has 2 aliphatic carbocycles. The number of carbonyl (C=O) groups is 2. The van der Waals surface area contributed by atoms with Crippen LogP contribution in [0.1, 0.15) is 77.6 Å². The molecule has 1 saturated heterocycles. The van der Waals surface area contributed by atoms with Crippen molar-refractivity contribution >= 4 is 11.9 Å². The van der Waals surface area contributed by atoms with Gasteiger partial charge >= 0.3 is 11.9 Å². The Morgan fingerprint density at radius 1 is 1.00 bits per heavy atom. The zero-order valence-corrected chi connectivity index (χ0v) is 15.9. The number of rotatable bonds is 4. The molecule has 1 aliphatic heterocycles. The maximum atomic E-state index is 12.6. The van der Waals surface area contributed by atoms with Gasteiger partial charge < -0.3 is 19.9 Å². The lowest BCUT2D eigenvalue weighted by Gasteiger charge is -2.33. The van der Waals surface area contributed by atoms with Crippen molar-refractivity contribution in [1.29, 1.82) is 0 Å². The van der Waals surface area contributed by atoms with Gasteiger partial charge in [-0.3, -0.25) is 9.59 Å². The fourth-order valence-corrected chi connectivity index (χ4v) is 4.44. The molecule has 6 heteroatoms. The third-order valence-corrected chi connectivity index (χ3v) is 6.05. The minimum atomic E-state index is -0.617. The summed E-state index contributed by atoms with van der Waals surface area (Å²) in [6.45, 7) is 1.83. The van der Waals surface area contributed by atoms with E-state index < -0.39 is 18.2 Å². The van der Waals surface area contributed by atoms with E-state index in [1.807, 2.05) is 6.92 Å². The average Bonchev–Trinajstić information content (AvgIpc) is 3.31. The number of esters is 2. The predicted octanol–water partition coefficient (Wildman–Crippen LogP) is 2.86. The molecule has 3 aliphatic rings. The highest BCUT2D eigenvalue weighted by Gasteiger charge is 2.39. The van der Waals surface area contributed by atoms with Crippen molar-refractivity contribution in [2.24, 2.45) is 11.7 Å². The first-order valence-corrected chi connectivity index (χ1v) is 10.4. The predicted molar refractivity (Wildman–Crippen MR) is 96.3 cm³/mol. The van der Waals surface area contributed by atoms with Crippen molar-refractivity contribution in [2.45, 2.75) is 108 Å². The van der Waals surface area contributed by atoms with E-state index >= 15 is 0 Å². The second kappa shape index (κ2) is 9.18. The normalized spacial score (nSPS) is 34.8. The third kappa shape index (κ3) is 4.97. The van der Waals surface area contributed by atoms with Gasteiger partial charge in [0.2, 0.25) is 0 Å². The van der Waals surface area contributed by atoms with Gasteiger partial charge in [0.15, 0.2) is 0 Å². The Kier molecular flexibility index (Phi) is 6.92. The monoisotopic (exact) mass is 367 g/mol. The van der Waals surface area contributed by atoms with E-state index in [4.69, 9.17) is 19.9 Å². The summed E-state index contributed by atoms with van der Waals surface area (Å²) in [7, 11) is 0. The van der Waals surface area contributed by atoms with E-state index in [1.54, 1.807) is 0 Å². The Labute approximate surface area is 156 Å². The quantitative estimate of drug-likeness (QED) is 0.769. The first-order chi connectivity index (χ1) is 12.5. The molecule has 4 atom stereocenters. The molecule has 0 amide bonds. The molecule has 2 saturated carbocycles. The van der Waals surface area contributed by atoms with Crippen LogP contribution in [0.5, 0.6) is 0 Å². The molecule has 2 N–H and O–H groups in total. The molecule has 0 aromatic rings. The summed E-state index contributed by atoms with van der Waals surface area (Å²) in [6, 6.07) is -0.617. The molecule has 3 rings (SSSR count). The van der Waals surface area contributed by atoms with Crippen LogP contribution in [0.3, 0.4) is 0 Å². The van der Waals surface area contributed by atoms with Gasteiger partial charge in [-0.15, -0.1) is 0 Å². The molecule has 0 bridgehead atoms. The number of hydrogen-bond acceptors (Lipinski definition) is 6. The smallest absolute Gasteiger partial charge is 0.323 e. The molecule has 1 heterocycles. The standard InChI is InChI=1S/C20H33NO5/c1-13-18(25-15-9-4-5-10-15)17(12-6-11-16(21)20(23)24-13)26-19(22)14-7-2-3-8-14/h13-18H,2-12,21H2,1H3/t13-,16-,17-,18-/m0/s1. The number of carbonyl (C=O) groups excluding carboxylic acids is 2. The highest BCUT2D eigenvalue weighted by molar-refractivity contribution is 5.75. The molecule has 26 heavy (non-hydrogen) atoms. The molecular formula is C20H33NO5. The van der Waals surface area contributed by atoms with Crippen LogP contribution in [0, 0.1) is 5.92 Å². The van der Waals surface area contributed by atoms with Crippen LogP contribution >= 0.6 is 0 Å². The van der Waals surface area contributed by atoms with Crippen LogP contribution in [-0.2, 0) is 23.8 Å². The van der Waals surface area contributed by atoms with Gasteiger partial charge in [0, 0.05) is 0 Å². The molecule has 6 nitrogen and oxygen atoms in total. The topological polar surface area (TPSA) is 87.9 Å². The second-order valence-electron chi connectivity index (χ2n) is 8.14. The molecule has 0 aromatic heterocycles. The summed E-state index contributed by atoms with van der Waals surface area (Å²) in [5, 5.41) is 0. The van der Waals surface area contributed by atoms with Crippen LogP contribution < -0.4 is 5.73 Å². The minimum Gasteiger partial charge on any atom is -0.459 e. The van der Waals surface area contributed by atoms with E-state index in [2.05, 4.69) is 0 Å². The lowest BCUT2D eigenvalue weighted by molar-refractivity contribution is -0.183. The largest absolute Gasteiger partial charge is 0.459 e. The zero-order valence-electron chi connectivity index (χ0n) is 15.9. The van der Waals surface area contributed by atoms with Crippen molar-refractivity contribution in [2.75, 3.05) is 0 Å². The SMILES string of the molecule is C[C@@H]1OC(=O)[C@@H](N)CCC[C@H](OC(=O)C2CCCC2)[C@H]1OC1CCCC1. The van der Waals surface area contributed by atoms with E-state index in [0.717, 1.165) is 57.8 Å². The average molecular weight is 367 g/mol. The van der Waals surface area contributed by atoms with Gasteiger partial charge in [-0.05, 0) is 51.9 Å². The highest BCUT2D eigenvalue weighted by Crippen LogP contribution is 2.31. The van der Waals surface area contributed by atoms with E-state index in [-0.39, 0.29) is 30.1 Å². The van der Waals surface area contributed by atoms with E-state index in [1.165, 1.54) is 0 Å². The van der Waals surface area contributed by atoms with Crippen molar-refractivity contribution in [1.82, 2.24) is 0 Å². The summed E-state index contributed by atoms with van der Waals surface area (Å²) >= 11 is 0. The summed E-state index contributed by atoms with van der Waals surface area (Å²) in [4.78, 5) is 24.7. The van der Waals surface area contributed by atoms with Crippen molar-refractivity contribution in [3.8, 4) is 0 Å². The van der Waals surface area contributed by atoms with Crippen LogP contribution in [0.2, 0.25) is 0 Å². The maximum absolute atomic E-state index is 12.6. The Morgan fingerprint density at radius 2 is 1.65 bits per heavy atom. The number of nitrogens with two attached hydrogens (primary N) is 1. The zero-order chi connectivity index (χ0) is 18.5. The fourth-order valence-electron chi connectivity index (χ4n) is 4.44.